The van der Waals surface area contributed by atoms with Crippen LogP contribution in [0.4, 0.5) is 0 Å². The SMILES string of the molecule is CCNC(=NCCc1ccc(-c2csc(C)n2)s1)NC(C)COC. The summed E-state index contributed by atoms with van der Waals surface area (Å²) in [7, 11) is 1.71. The van der Waals surface area contributed by atoms with Crippen molar-refractivity contribution in [2.45, 2.75) is 33.2 Å². The minimum absolute atomic E-state index is 0.231. The van der Waals surface area contributed by atoms with Crippen LogP contribution < -0.4 is 10.6 Å². The number of thiophene rings is 1. The number of aryl methyl sites for hydroxylation is 1. The lowest BCUT2D eigenvalue weighted by Crippen LogP contribution is -2.44. The van der Waals surface area contributed by atoms with Gasteiger partial charge in [0.1, 0.15) is 0 Å². The zero-order chi connectivity index (χ0) is 17.4. The molecule has 0 bridgehead atoms. The van der Waals surface area contributed by atoms with Crippen molar-refractivity contribution >= 4 is 28.6 Å². The molecule has 1 unspecified atom stereocenters. The van der Waals surface area contributed by atoms with Crippen LogP contribution in [0, 0.1) is 6.92 Å². The molecule has 2 rings (SSSR count). The number of hydrogen-bond donors (Lipinski definition) is 2. The first kappa shape index (κ1) is 18.9. The predicted molar refractivity (Wildman–Crippen MR) is 104 cm³/mol. The molecule has 2 aromatic rings. The Labute approximate surface area is 152 Å². The normalized spacial score (nSPS) is 13.1. The molecular formula is C17H26N4OS2. The predicted octanol–water partition coefficient (Wildman–Crippen LogP) is 3.31. The summed E-state index contributed by atoms with van der Waals surface area (Å²) in [6.45, 7) is 8.45. The third-order valence-corrected chi connectivity index (χ3v) is 5.25. The van der Waals surface area contributed by atoms with Gasteiger partial charge in [0.15, 0.2) is 5.96 Å². The average molecular weight is 367 g/mol. The quantitative estimate of drug-likeness (QED) is 0.556. The van der Waals surface area contributed by atoms with Crippen LogP contribution in [-0.4, -0.2) is 43.8 Å². The molecule has 0 aromatic carbocycles. The Kier molecular flexibility index (Phi) is 7.68. The number of methoxy groups -OCH3 is 1. The summed E-state index contributed by atoms with van der Waals surface area (Å²) >= 11 is 3.49. The number of aromatic nitrogens is 1. The summed E-state index contributed by atoms with van der Waals surface area (Å²) in [6, 6.07) is 4.56. The highest BCUT2D eigenvalue weighted by Crippen LogP contribution is 2.29. The van der Waals surface area contributed by atoms with Crippen LogP contribution in [0.3, 0.4) is 0 Å². The van der Waals surface area contributed by atoms with E-state index in [1.165, 1.54) is 9.75 Å². The van der Waals surface area contributed by atoms with E-state index in [4.69, 9.17) is 4.74 Å². The van der Waals surface area contributed by atoms with Crippen molar-refractivity contribution < 1.29 is 4.74 Å². The van der Waals surface area contributed by atoms with Crippen LogP contribution in [0.2, 0.25) is 0 Å². The first-order chi connectivity index (χ1) is 11.6. The fourth-order valence-corrected chi connectivity index (χ4v) is 3.89. The van der Waals surface area contributed by atoms with Gasteiger partial charge in [-0.05, 0) is 32.9 Å². The van der Waals surface area contributed by atoms with Crippen molar-refractivity contribution in [3.8, 4) is 10.6 Å². The number of rotatable bonds is 8. The maximum Gasteiger partial charge on any atom is 0.191 e. The molecule has 0 aliphatic rings. The lowest BCUT2D eigenvalue weighted by molar-refractivity contribution is 0.179. The molecular weight excluding hydrogens is 340 g/mol. The summed E-state index contributed by atoms with van der Waals surface area (Å²) in [5.74, 6) is 0.842. The second-order valence-corrected chi connectivity index (χ2v) is 7.76. The molecule has 0 radical (unpaired) electrons. The fourth-order valence-electron chi connectivity index (χ4n) is 2.25. The van der Waals surface area contributed by atoms with Crippen LogP contribution in [0.5, 0.6) is 0 Å². The van der Waals surface area contributed by atoms with E-state index < -0.39 is 0 Å². The molecule has 0 fully saturated rings. The Morgan fingerprint density at radius 2 is 2.25 bits per heavy atom. The number of thiazole rings is 1. The third-order valence-electron chi connectivity index (χ3n) is 3.31. The van der Waals surface area contributed by atoms with Gasteiger partial charge in [0.2, 0.25) is 0 Å². The minimum Gasteiger partial charge on any atom is -0.383 e. The van der Waals surface area contributed by atoms with Crippen LogP contribution in [0.25, 0.3) is 10.6 Å². The summed E-state index contributed by atoms with van der Waals surface area (Å²) in [5, 5.41) is 9.84. The second kappa shape index (κ2) is 9.76. The Morgan fingerprint density at radius 1 is 1.42 bits per heavy atom. The van der Waals surface area contributed by atoms with Gasteiger partial charge in [0.05, 0.1) is 22.2 Å². The molecule has 0 aliphatic heterocycles. The van der Waals surface area contributed by atoms with Crippen LogP contribution >= 0.6 is 22.7 Å². The highest BCUT2D eigenvalue weighted by Gasteiger charge is 2.07. The zero-order valence-corrected chi connectivity index (χ0v) is 16.4. The Balaban J connectivity index is 1.90. The molecule has 2 heterocycles. The average Bonchev–Trinajstić information content (AvgIpc) is 3.16. The molecule has 2 N–H and O–H groups in total. The van der Waals surface area contributed by atoms with Crippen LogP contribution in [0.15, 0.2) is 22.5 Å². The molecule has 24 heavy (non-hydrogen) atoms. The molecule has 0 saturated heterocycles. The lowest BCUT2D eigenvalue weighted by Gasteiger charge is -2.16. The smallest absolute Gasteiger partial charge is 0.191 e. The fraction of sp³-hybridized carbons (Fsp3) is 0.529. The van der Waals surface area contributed by atoms with Gasteiger partial charge in [0, 0.05) is 42.9 Å². The standard InChI is InChI=1S/C17H26N4OS2/c1-5-18-17(20-12(2)10-22-4)19-9-8-14-6-7-16(24-14)15-11-23-13(3)21-15/h6-7,11-12H,5,8-10H2,1-4H3,(H2,18,19,20). The summed E-state index contributed by atoms with van der Waals surface area (Å²) in [4.78, 5) is 11.8. The van der Waals surface area contributed by atoms with E-state index in [9.17, 15) is 0 Å². The molecule has 2 aromatic heterocycles. The molecule has 5 nitrogen and oxygen atoms in total. The van der Waals surface area contributed by atoms with E-state index in [1.54, 1.807) is 29.8 Å². The Morgan fingerprint density at radius 3 is 2.92 bits per heavy atom. The molecule has 7 heteroatoms. The van der Waals surface area contributed by atoms with Gasteiger partial charge in [-0.3, -0.25) is 4.99 Å². The lowest BCUT2D eigenvalue weighted by atomic mass is 10.3. The number of aliphatic imine (C=N–C) groups is 1. The molecule has 0 spiro atoms. The van der Waals surface area contributed by atoms with Crippen LogP contribution in [0.1, 0.15) is 23.7 Å². The van der Waals surface area contributed by atoms with Crippen molar-refractivity contribution in [1.29, 1.82) is 0 Å². The van der Waals surface area contributed by atoms with Gasteiger partial charge in [-0.25, -0.2) is 4.98 Å². The molecule has 0 saturated carbocycles. The van der Waals surface area contributed by atoms with Gasteiger partial charge in [0.25, 0.3) is 0 Å². The zero-order valence-electron chi connectivity index (χ0n) is 14.8. The molecule has 0 amide bonds. The minimum atomic E-state index is 0.231. The first-order valence-corrected chi connectivity index (χ1v) is 9.87. The van der Waals surface area contributed by atoms with Gasteiger partial charge in [-0.15, -0.1) is 22.7 Å². The van der Waals surface area contributed by atoms with Gasteiger partial charge in [-0.1, -0.05) is 0 Å². The van der Waals surface area contributed by atoms with Crippen LogP contribution in [-0.2, 0) is 11.2 Å². The van der Waals surface area contributed by atoms with Gasteiger partial charge in [-0.2, -0.15) is 0 Å². The number of guanidine groups is 1. The molecule has 0 aliphatic carbocycles. The van der Waals surface area contributed by atoms with Gasteiger partial charge < -0.3 is 15.4 Å². The largest absolute Gasteiger partial charge is 0.383 e. The van der Waals surface area contributed by atoms with Crippen molar-refractivity contribution in [2.24, 2.45) is 4.99 Å². The van der Waals surface area contributed by atoms with E-state index in [2.05, 4.69) is 52.0 Å². The maximum absolute atomic E-state index is 5.15. The molecule has 132 valence electrons. The van der Waals surface area contributed by atoms with Crippen molar-refractivity contribution in [2.75, 3.05) is 26.8 Å². The van der Waals surface area contributed by atoms with Crippen molar-refractivity contribution in [3.05, 3.63) is 27.4 Å². The number of ether oxygens (including phenoxy) is 1. The van der Waals surface area contributed by atoms with E-state index >= 15 is 0 Å². The highest BCUT2D eigenvalue weighted by atomic mass is 32.1. The number of nitrogens with one attached hydrogen (secondary N) is 2. The third kappa shape index (κ3) is 5.89. The van der Waals surface area contributed by atoms with Crippen molar-refractivity contribution in [1.82, 2.24) is 15.6 Å². The highest BCUT2D eigenvalue weighted by molar-refractivity contribution is 7.16. The Hall–Kier alpha value is -1.44. The van der Waals surface area contributed by atoms with E-state index in [-0.39, 0.29) is 6.04 Å². The summed E-state index contributed by atoms with van der Waals surface area (Å²) < 4.78 is 5.15. The topological polar surface area (TPSA) is 58.5 Å². The van der Waals surface area contributed by atoms with E-state index in [1.807, 2.05) is 6.92 Å². The summed E-state index contributed by atoms with van der Waals surface area (Å²) in [5.41, 5.74) is 1.08. The van der Waals surface area contributed by atoms with Crippen molar-refractivity contribution in [3.63, 3.8) is 0 Å². The maximum atomic E-state index is 5.15. The Bertz CT molecular complexity index is 651. The second-order valence-electron chi connectivity index (χ2n) is 5.53. The van der Waals surface area contributed by atoms with E-state index in [0.717, 1.165) is 36.2 Å². The van der Waals surface area contributed by atoms with E-state index in [0.29, 0.717) is 6.61 Å². The molecule has 1 atom stereocenters. The monoisotopic (exact) mass is 366 g/mol. The first-order valence-electron chi connectivity index (χ1n) is 8.17. The summed E-state index contributed by atoms with van der Waals surface area (Å²) in [6.07, 6.45) is 0.934. The number of hydrogen-bond acceptors (Lipinski definition) is 5. The number of nitrogens with zero attached hydrogens (tertiary/aromatic N) is 2. The van der Waals surface area contributed by atoms with Gasteiger partial charge >= 0.3 is 0 Å².